The average Bonchev–Trinajstić information content (AvgIpc) is 3.44. The van der Waals surface area contributed by atoms with Gasteiger partial charge in [0.2, 0.25) is 0 Å². The maximum atomic E-state index is 8.38. The van der Waals surface area contributed by atoms with E-state index in [1.165, 1.54) is 19.1 Å². The van der Waals surface area contributed by atoms with Gasteiger partial charge in [-0.05, 0) is 55.1 Å². The minimum absolute atomic E-state index is 0.267. The molecule has 0 spiro atoms. The van der Waals surface area contributed by atoms with Gasteiger partial charge in [-0.2, -0.15) is 0 Å². The number of hydrogen-bond donors (Lipinski definition) is 6. The number of nitrogens with two attached hydrogens (primary N) is 1. The van der Waals surface area contributed by atoms with Crippen molar-refractivity contribution in [1.29, 1.82) is 10.8 Å². The molecule has 0 bridgehead atoms. The van der Waals surface area contributed by atoms with E-state index in [1.807, 2.05) is 30.6 Å². The van der Waals surface area contributed by atoms with Gasteiger partial charge >= 0.3 is 0 Å². The number of nitrogens with one attached hydrogen (secondary N) is 5. The van der Waals surface area contributed by atoms with E-state index in [1.54, 1.807) is 12.3 Å². The first-order chi connectivity index (χ1) is 17.7. The molecular weight excluding hydrogens is 452 g/mol. The molecule has 2 fully saturated rings. The summed E-state index contributed by atoms with van der Waals surface area (Å²) in [4.78, 5) is 7.00. The molecule has 1 saturated carbocycles. The number of nitrogens with zero attached hydrogens (tertiary/aromatic N) is 2. The smallest absolute Gasteiger partial charge is 0.123 e. The SMILES string of the molecule is N=CC(=CC(=N)NC1=CC=C2NC=C(C(C=NCCCN3CCOCC3)=CN)C=C2N1)C1CCCC1. The number of dihydropyridines is 2. The Morgan fingerprint density at radius 2 is 2.03 bits per heavy atom. The van der Waals surface area contributed by atoms with Crippen molar-refractivity contribution in [1.82, 2.24) is 20.9 Å². The quantitative estimate of drug-likeness (QED) is 0.158. The van der Waals surface area contributed by atoms with Crippen molar-refractivity contribution in [2.45, 2.75) is 32.1 Å². The first-order valence-electron chi connectivity index (χ1n) is 12.8. The summed E-state index contributed by atoms with van der Waals surface area (Å²) in [5, 5.41) is 25.9. The van der Waals surface area contributed by atoms with Gasteiger partial charge in [-0.3, -0.25) is 15.3 Å². The van der Waals surface area contributed by atoms with Crippen LogP contribution in [0.15, 0.2) is 75.6 Å². The average molecular weight is 491 g/mol. The van der Waals surface area contributed by atoms with E-state index in [-0.39, 0.29) is 5.84 Å². The Balaban J connectivity index is 1.30. The highest BCUT2D eigenvalue weighted by molar-refractivity contribution is 5.97. The van der Waals surface area contributed by atoms with Crippen molar-refractivity contribution < 1.29 is 4.74 Å². The molecule has 3 heterocycles. The molecule has 4 aliphatic rings. The Kier molecular flexibility index (Phi) is 9.29. The topological polar surface area (TPSA) is 135 Å². The molecular formula is C27H38N8O. The van der Waals surface area contributed by atoms with Crippen LogP contribution in [0, 0.1) is 16.7 Å². The predicted molar refractivity (Wildman–Crippen MR) is 146 cm³/mol. The molecule has 7 N–H and O–H groups in total. The van der Waals surface area contributed by atoms with Gasteiger partial charge in [0.1, 0.15) is 11.7 Å². The highest BCUT2D eigenvalue weighted by Gasteiger charge is 2.20. The molecule has 9 nitrogen and oxygen atoms in total. The normalized spacial score (nSPS) is 21.6. The molecule has 0 atom stereocenters. The molecule has 9 heteroatoms. The summed E-state index contributed by atoms with van der Waals surface area (Å²) in [6, 6.07) is 0. The summed E-state index contributed by atoms with van der Waals surface area (Å²) in [6.45, 7) is 5.41. The van der Waals surface area contributed by atoms with Crippen LogP contribution in [0.1, 0.15) is 32.1 Å². The molecule has 4 rings (SSSR count). The van der Waals surface area contributed by atoms with Crippen LogP contribution >= 0.6 is 0 Å². The molecule has 0 unspecified atom stereocenters. The second kappa shape index (κ2) is 13.0. The van der Waals surface area contributed by atoms with Crippen LogP contribution in [0.25, 0.3) is 0 Å². The molecule has 1 saturated heterocycles. The van der Waals surface area contributed by atoms with Gasteiger partial charge in [-0.15, -0.1) is 0 Å². The Morgan fingerprint density at radius 1 is 1.22 bits per heavy atom. The highest BCUT2D eigenvalue weighted by Crippen LogP contribution is 2.30. The summed E-state index contributed by atoms with van der Waals surface area (Å²) in [6.07, 6.45) is 20.0. The lowest BCUT2D eigenvalue weighted by Crippen LogP contribution is -2.37. The third-order valence-electron chi connectivity index (χ3n) is 6.84. The van der Waals surface area contributed by atoms with Crippen LogP contribution in [-0.4, -0.2) is 62.6 Å². The number of morpholine rings is 1. The zero-order chi connectivity index (χ0) is 25.2. The number of hydrogen-bond acceptors (Lipinski definition) is 8. The van der Waals surface area contributed by atoms with E-state index in [4.69, 9.17) is 21.3 Å². The molecule has 0 aromatic carbocycles. The summed E-state index contributed by atoms with van der Waals surface area (Å²) < 4.78 is 5.39. The van der Waals surface area contributed by atoms with Crippen molar-refractivity contribution in [2.75, 3.05) is 39.4 Å². The van der Waals surface area contributed by atoms with E-state index in [0.717, 1.165) is 86.8 Å². The van der Waals surface area contributed by atoms with Gasteiger partial charge < -0.3 is 31.8 Å². The Bertz CT molecular complexity index is 1030. The van der Waals surface area contributed by atoms with Gasteiger partial charge in [0.05, 0.1) is 24.6 Å². The molecule has 192 valence electrons. The van der Waals surface area contributed by atoms with Crippen LogP contribution in [0.5, 0.6) is 0 Å². The minimum Gasteiger partial charge on any atom is -0.404 e. The number of ether oxygens (including phenoxy) is 1. The van der Waals surface area contributed by atoms with E-state index < -0.39 is 0 Å². The second-order valence-electron chi connectivity index (χ2n) is 9.36. The third kappa shape index (κ3) is 7.05. The van der Waals surface area contributed by atoms with Gasteiger partial charge in [-0.25, -0.2) is 0 Å². The minimum atomic E-state index is 0.267. The van der Waals surface area contributed by atoms with E-state index in [0.29, 0.717) is 11.7 Å². The summed E-state index contributed by atoms with van der Waals surface area (Å²) in [7, 11) is 0. The molecule has 36 heavy (non-hydrogen) atoms. The van der Waals surface area contributed by atoms with Crippen molar-refractivity contribution in [3.63, 3.8) is 0 Å². The molecule has 1 aliphatic carbocycles. The lowest BCUT2D eigenvalue weighted by Gasteiger charge is -2.26. The standard InChI is InChI=1S/C27H38N8O/c28-16-21(20-4-1-2-5-20)15-26(30)34-27-7-6-24-25(33-27)14-22(19-32-24)23(17-29)18-31-8-3-9-35-10-12-36-13-11-35/h6-7,14-20,28,32-33H,1-5,8-13,29H2,(H2,30,34). The number of allylic oxidation sites excluding steroid dienone is 6. The predicted octanol–water partition coefficient (Wildman–Crippen LogP) is 2.65. The maximum Gasteiger partial charge on any atom is 0.123 e. The molecule has 0 amide bonds. The highest BCUT2D eigenvalue weighted by atomic mass is 16.5. The van der Waals surface area contributed by atoms with Crippen molar-refractivity contribution in [3.05, 3.63) is 70.6 Å². The van der Waals surface area contributed by atoms with Crippen LogP contribution in [0.3, 0.4) is 0 Å². The maximum absolute atomic E-state index is 8.38. The fourth-order valence-corrected chi connectivity index (χ4v) is 4.81. The second-order valence-corrected chi connectivity index (χ2v) is 9.36. The van der Waals surface area contributed by atoms with Crippen molar-refractivity contribution >= 4 is 18.3 Å². The van der Waals surface area contributed by atoms with Crippen LogP contribution < -0.4 is 21.7 Å². The monoisotopic (exact) mass is 490 g/mol. The lowest BCUT2D eigenvalue weighted by molar-refractivity contribution is 0.0377. The molecule has 0 aromatic heterocycles. The zero-order valence-electron chi connectivity index (χ0n) is 20.9. The first kappa shape index (κ1) is 25.7. The summed E-state index contributed by atoms with van der Waals surface area (Å²) in [5.74, 6) is 1.37. The number of rotatable bonds is 10. The Labute approximate surface area is 213 Å². The number of fused-ring (bicyclic) bond motifs is 1. The summed E-state index contributed by atoms with van der Waals surface area (Å²) >= 11 is 0. The van der Waals surface area contributed by atoms with Gasteiger partial charge in [0, 0.05) is 62.2 Å². The van der Waals surface area contributed by atoms with Crippen molar-refractivity contribution in [2.24, 2.45) is 16.6 Å². The first-order valence-corrected chi connectivity index (χ1v) is 12.8. The van der Waals surface area contributed by atoms with E-state index in [2.05, 4.69) is 25.8 Å². The molecule has 0 aromatic rings. The Morgan fingerprint density at radius 3 is 2.78 bits per heavy atom. The zero-order valence-corrected chi connectivity index (χ0v) is 20.9. The van der Waals surface area contributed by atoms with Gasteiger partial charge in [0.25, 0.3) is 0 Å². The van der Waals surface area contributed by atoms with E-state index >= 15 is 0 Å². The Hall–Kier alpha value is -3.43. The fraction of sp³-hybridized carbons (Fsp3) is 0.444. The van der Waals surface area contributed by atoms with Gasteiger partial charge in [-0.1, -0.05) is 12.8 Å². The lowest BCUT2D eigenvalue weighted by atomic mass is 9.98. The molecule has 0 radical (unpaired) electrons. The van der Waals surface area contributed by atoms with Crippen molar-refractivity contribution in [3.8, 4) is 0 Å². The van der Waals surface area contributed by atoms with E-state index in [9.17, 15) is 0 Å². The number of aliphatic imine (C=N–C) groups is 1. The van der Waals surface area contributed by atoms with Crippen LogP contribution in [0.2, 0.25) is 0 Å². The fourth-order valence-electron chi connectivity index (χ4n) is 4.81. The van der Waals surface area contributed by atoms with Crippen LogP contribution in [0.4, 0.5) is 0 Å². The molecule has 3 aliphatic heterocycles. The third-order valence-corrected chi connectivity index (χ3v) is 6.84. The largest absolute Gasteiger partial charge is 0.404 e. The van der Waals surface area contributed by atoms with Gasteiger partial charge in [0.15, 0.2) is 0 Å². The number of amidine groups is 1. The van der Waals surface area contributed by atoms with Crippen LogP contribution in [-0.2, 0) is 4.74 Å². The summed E-state index contributed by atoms with van der Waals surface area (Å²) in [5.41, 5.74) is 10.4.